The van der Waals surface area contributed by atoms with E-state index >= 15 is 0 Å². The van der Waals surface area contributed by atoms with Gasteiger partial charge in [-0.15, -0.1) is 0 Å². The molecule has 0 atom stereocenters. The molecule has 3 rings (SSSR count). The van der Waals surface area contributed by atoms with E-state index in [-0.39, 0.29) is 0 Å². The smallest absolute Gasteiger partial charge is 0.0705 e. The summed E-state index contributed by atoms with van der Waals surface area (Å²) in [5, 5.41) is 0. The van der Waals surface area contributed by atoms with E-state index < -0.39 is 0 Å². The summed E-state index contributed by atoms with van der Waals surface area (Å²) in [6, 6.07) is 22.5. The molecule has 2 aromatic heterocycles. The number of aromatic nitrogens is 2. The SMILES string of the molecule is Cc1cccc(Cc2cccc(-c3ccccc3)n2)n1. The molecule has 0 radical (unpaired) electrons. The minimum atomic E-state index is 0.766. The molecule has 0 aliphatic rings. The van der Waals surface area contributed by atoms with Gasteiger partial charge in [0.1, 0.15) is 0 Å². The Balaban J connectivity index is 1.88. The van der Waals surface area contributed by atoms with Gasteiger partial charge in [-0.2, -0.15) is 0 Å². The lowest BCUT2D eigenvalue weighted by Crippen LogP contribution is -1.97. The van der Waals surface area contributed by atoms with Crippen LogP contribution in [0, 0.1) is 6.92 Å². The highest BCUT2D eigenvalue weighted by atomic mass is 14.7. The third-order valence-electron chi connectivity index (χ3n) is 3.18. The third kappa shape index (κ3) is 2.91. The highest BCUT2D eigenvalue weighted by Crippen LogP contribution is 2.17. The van der Waals surface area contributed by atoms with Gasteiger partial charge in [-0.1, -0.05) is 42.5 Å². The van der Waals surface area contributed by atoms with Gasteiger partial charge in [0, 0.05) is 29.1 Å². The summed E-state index contributed by atoms with van der Waals surface area (Å²) in [4.78, 5) is 9.26. The highest BCUT2D eigenvalue weighted by Gasteiger charge is 2.03. The fourth-order valence-electron chi connectivity index (χ4n) is 2.23. The first-order valence-corrected chi connectivity index (χ1v) is 6.75. The zero-order chi connectivity index (χ0) is 13.8. The molecular weight excluding hydrogens is 244 g/mol. The van der Waals surface area contributed by atoms with Crippen molar-refractivity contribution in [3.63, 3.8) is 0 Å². The molecule has 0 aliphatic heterocycles. The molecule has 2 heteroatoms. The maximum atomic E-state index is 4.73. The molecule has 3 aromatic rings. The molecule has 0 amide bonds. The van der Waals surface area contributed by atoms with Crippen molar-refractivity contribution < 1.29 is 0 Å². The van der Waals surface area contributed by atoms with Gasteiger partial charge in [0.15, 0.2) is 0 Å². The first-order chi connectivity index (χ1) is 9.81. The molecule has 1 aromatic carbocycles. The molecule has 98 valence electrons. The maximum absolute atomic E-state index is 4.73. The first kappa shape index (κ1) is 12.5. The predicted molar refractivity (Wildman–Crippen MR) is 81.5 cm³/mol. The van der Waals surface area contributed by atoms with Crippen LogP contribution in [0.1, 0.15) is 17.1 Å². The molecule has 0 bridgehead atoms. The Hall–Kier alpha value is -2.48. The number of nitrogens with zero attached hydrogens (tertiary/aromatic N) is 2. The second kappa shape index (κ2) is 5.66. The zero-order valence-electron chi connectivity index (χ0n) is 11.5. The average molecular weight is 260 g/mol. The molecule has 20 heavy (non-hydrogen) atoms. The number of pyridine rings is 2. The molecule has 0 aliphatic carbocycles. The van der Waals surface area contributed by atoms with E-state index in [4.69, 9.17) is 4.98 Å². The van der Waals surface area contributed by atoms with Crippen molar-refractivity contribution in [1.82, 2.24) is 9.97 Å². The van der Waals surface area contributed by atoms with E-state index in [1.165, 1.54) is 0 Å². The summed E-state index contributed by atoms with van der Waals surface area (Å²) in [6.45, 7) is 2.01. The molecule has 0 spiro atoms. The van der Waals surface area contributed by atoms with Crippen molar-refractivity contribution >= 4 is 0 Å². The van der Waals surface area contributed by atoms with Crippen LogP contribution in [0.15, 0.2) is 66.7 Å². The fraction of sp³-hybridized carbons (Fsp3) is 0.111. The van der Waals surface area contributed by atoms with Crippen LogP contribution >= 0.6 is 0 Å². The lowest BCUT2D eigenvalue weighted by molar-refractivity contribution is 0.994. The van der Waals surface area contributed by atoms with Crippen LogP contribution in [0.3, 0.4) is 0 Å². The van der Waals surface area contributed by atoms with Crippen LogP contribution in [0.4, 0.5) is 0 Å². The summed E-state index contributed by atoms with van der Waals surface area (Å²) < 4.78 is 0. The Morgan fingerprint density at radius 3 is 2.15 bits per heavy atom. The van der Waals surface area contributed by atoms with Gasteiger partial charge >= 0.3 is 0 Å². The van der Waals surface area contributed by atoms with Gasteiger partial charge in [0.2, 0.25) is 0 Å². The van der Waals surface area contributed by atoms with Gasteiger partial charge in [0.25, 0.3) is 0 Å². The molecule has 0 unspecified atom stereocenters. The summed E-state index contributed by atoms with van der Waals surface area (Å²) in [5.41, 5.74) is 5.30. The third-order valence-corrected chi connectivity index (χ3v) is 3.18. The van der Waals surface area contributed by atoms with Crippen molar-refractivity contribution in [3.8, 4) is 11.3 Å². The van der Waals surface area contributed by atoms with Gasteiger partial charge in [-0.3, -0.25) is 9.97 Å². The van der Waals surface area contributed by atoms with Gasteiger partial charge in [-0.25, -0.2) is 0 Å². The number of aryl methyl sites for hydroxylation is 1. The number of benzene rings is 1. The van der Waals surface area contributed by atoms with Crippen LogP contribution in [0.5, 0.6) is 0 Å². The van der Waals surface area contributed by atoms with Crippen molar-refractivity contribution in [3.05, 3.63) is 83.8 Å². The quantitative estimate of drug-likeness (QED) is 0.710. The van der Waals surface area contributed by atoms with Crippen LogP contribution in [-0.4, -0.2) is 9.97 Å². The van der Waals surface area contributed by atoms with Crippen LogP contribution in [0.2, 0.25) is 0 Å². The minimum Gasteiger partial charge on any atom is -0.258 e. The Morgan fingerprint density at radius 2 is 1.40 bits per heavy atom. The van der Waals surface area contributed by atoms with E-state index in [1.807, 2.05) is 49.4 Å². The van der Waals surface area contributed by atoms with Crippen molar-refractivity contribution in [2.75, 3.05) is 0 Å². The van der Waals surface area contributed by atoms with Crippen LogP contribution in [0.25, 0.3) is 11.3 Å². The Labute approximate surface area is 119 Å². The zero-order valence-corrected chi connectivity index (χ0v) is 11.5. The standard InChI is InChI=1S/C18H16N2/c1-14-7-5-10-16(19-14)13-17-11-6-12-18(20-17)15-8-3-2-4-9-15/h2-12H,13H2,1H3. The normalized spacial score (nSPS) is 10.4. The van der Waals surface area contributed by atoms with E-state index in [2.05, 4.69) is 29.2 Å². The second-order valence-corrected chi connectivity index (χ2v) is 4.83. The summed E-state index contributed by atoms with van der Waals surface area (Å²) >= 11 is 0. The van der Waals surface area contributed by atoms with E-state index in [9.17, 15) is 0 Å². The Kier molecular flexibility index (Phi) is 3.55. The number of hydrogen-bond donors (Lipinski definition) is 0. The monoisotopic (exact) mass is 260 g/mol. The van der Waals surface area contributed by atoms with Crippen molar-refractivity contribution in [2.45, 2.75) is 13.3 Å². The van der Waals surface area contributed by atoms with Gasteiger partial charge in [0.05, 0.1) is 5.69 Å². The largest absolute Gasteiger partial charge is 0.258 e. The Morgan fingerprint density at radius 1 is 0.700 bits per heavy atom. The second-order valence-electron chi connectivity index (χ2n) is 4.83. The lowest BCUT2D eigenvalue weighted by atomic mass is 10.1. The highest BCUT2D eigenvalue weighted by molar-refractivity contribution is 5.58. The first-order valence-electron chi connectivity index (χ1n) is 6.75. The van der Waals surface area contributed by atoms with Crippen LogP contribution < -0.4 is 0 Å². The molecule has 2 heterocycles. The molecular formula is C18H16N2. The maximum Gasteiger partial charge on any atom is 0.0705 e. The van der Waals surface area contributed by atoms with Gasteiger partial charge in [-0.05, 0) is 31.2 Å². The van der Waals surface area contributed by atoms with Gasteiger partial charge < -0.3 is 0 Å². The molecule has 2 nitrogen and oxygen atoms in total. The predicted octanol–water partition coefficient (Wildman–Crippen LogP) is 4.04. The summed E-state index contributed by atoms with van der Waals surface area (Å²) in [5.74, 6) is 0. The van der Waals surface area contributed by atoms with E-state index in [0.29, 0.717) is 0 Å². The minimum absolute atomic E-state index is 0.766. The van der Waals surface area contributed by atoms with Crippen molar-refractivity contribution in [1.29, 1.82) is 0 Å². The average Bonchev–Trinajstić information content (AvgIpc) is 2.48. The molecule has 0 saturated heterocycles. The molecule has 0 fully saturated rings. The summed E-state index contributed by atoms with van der Waals surface area (Å²) in [6.07, 6.45) is 0.766. The lowest BCUT2D eigenvalue weighted by Gasteiger charge is -2.05. The Bertz CT molecular complexity index is 705. The van der Waals surface area contributed by atoms with Crippen molar-refractivity contribution in [2.24, 2.45) is 0 Å². The molecule has 0 N–H and O–H groups in total. The van der Waals surface area contributed by atoms with E-state index in [1.54, 1.807) is 0 Å². The molecule has 0 saturated carbocycles. The number of rotatable bonds is 3. The van der Waals surface area contributed by atoms with Crippen LogP contribution in [-0.2, 0) is 6.42 Å². The topological polar surface area (TPSA) is 25.8 Å². The fourth-order valence-corrected chi connectivity index (χ4v) is 2.23. The van der Waals surface area contributed by atoms with E-state index in [0.717, 1.165) is 34.8 Å². The number of hydrogen-bond acceptors (Lipinski definition) is 2. The summed E-state index contributed by atoms with van der Waals surface area (Å²) in [7, 11) is 0.